The van der Waals surface area contributed by atoms with Crippen LogP contribution in [0.15, 0.2) is 30.5 Å². The number of aliphatic carboxylic acids is 1. The van der Waals surface area contributed by atoms with Crippen LogP contribution in [0.3, 0.4) is 0 Å². The molecule has 39 heavy (non-hydrogen) atoms. The number of rotatable bonds is 16. The first-order valence-corrected chi connectivity index (χ1v) is 13.6. The molecule has 0 bridgehead atoms. The molecule has 2 aromatic rings. The molecule has 0 radical (unpaired) electrons. The van der Waals surface area contributed by atoms with Gasteiger partial charge in [0.05, 0.1) is 6.04 Å². The Bertz CT molecular complexity index is 1110. The Labute approximate surface area is 229 Å². The van der Waals surface area contributed by atoms with Gasteiger partial charge in [-0.15, -0.1) is 0 Å². The molecule has 0 aliphatic heterocycles. The second kappa shape index (κ2) is 15.2. The largest absolute Gasteiger partial charge is 0.480 e. The zero-order valence-electron chi connectivity index (χ0n) is 23.3. The van der Waals surface area contributed by atoms with Crippen molar-refractivity contribution in [3.63, 3.8) is 0 Å². The first-order chi connectivity index (χ1) is 18.4. The first kappa shape index (κ1) is 31.8. The van der Waals surface area contributed by atoms with Crippen LogP contribution in [0.25, 0.3) is 10.9 Å². The minimum atomic E-state index is -1.16. The topological polar surface area (TPSA) is 192 Å². The van der Waals surface area contributed by atoms with E-state index in [1.807, 2.05) is 52.0 Å². The molecule has 0 aliphatic rings. The number of benzene rings is 1. The maximum absolute atomic E-state index is 13.5. The van der Waals surface area contributed by atoms with Gasteiger partial charge in [-0.2, -0.15) is 0 Å². The second-order valence-corrected chi connectivity index (χ2v) is 10.8. The molecule has 9 N–H and O–H groups in total. The van der Waals surface area contributed by atoms with Crippen molar-refractivity contribution >= 4 is 34.6 Å². The smallest absolute Gasteiger partial charge is 0.326 e. The Balaban J connectivity index is 2.31. The number of carbonyl (C=O) groups is 4. The van der Waals surface area contributed by atoms with Crippen LogP contribution in [0, 0.1) is 11.8 Å². The van der Waals surface area contributed by atoms with Gasteiger partial charge in [-0.1, -0.05) is 45.9 Å². The van der Waals surface area contributed by atoms with E-state index in [2.05, 4.69) is 20.9 Å². The maximum Gasteiger partial charge on any atom is 0.326 e. The fraction of sp³-hybridized carbons (Fsp3) is 0.571. The maximum atomic E-state index is 13.5. The van der Waals surface area contributed by atoms with Gasteiger partial charge < -0.3 is 37.5 Å². The molecule has 0 spiro atoms. The summed E-state index contributed by atoms with van der Waals surface area (Å²) in [5.74, 6) is -2.83. The number of hydrogen-bond donors (Lipinski definition) is 7. The third kappa shape index (κ3) is 9.67. The Hall–Kier alpha value is -3.44. The van der Waals surface area contributed by atoms with E-state index in [0.717, 1.165) is 16.5 Å². The quantitative estimate of drug-likeness (QED) is 0.155. The number of nitrogens with two attached hydrogens (primary N) is 2. The van der Waals surface area contributed by atoms with Gasteiger partial charge >= 0.3 is 5.97 Å². The van der Waals surface area contributed by atoms with Crippen molar-refractivity contribution in [1.29, 1.82) is 0 Å². The molecule has 3 amide bonds. The van der Waals surface area contributed by atoms with Crippen molar-refractivity contribution in [3.8, 4) is 0 Å². The number of fused-ring (bicyclic) bond motifs is 1. The Morgan fingerprint density at radius 2 is 1.51 bits per heavy atom. The first-order valence-electron chi connectivity index (χ1n) is 13.6. The van der Waals surface area contributed by atoms with E-state index < -0.39 is 47.9 Å². The number of carboxylic acid groups (broad SMARTS) is 1. The molecule has 216 valence electrons. The van der Waals surface area contributed by atoms with Crippen molar-refractivity contribution in [2.24, 2.45) is 23.3 Å². The summed E-state index contributed by atoms with van der Waals surface area (Å²) in [7, 11) is 0. The molecule has 11 heteroatoms. The number of H-pyrrole nitrogens is 1. The SMILES string of the molecule is CC(C)CC(NC(=O)C(N)C(C)C)C(=O)NC(Cc1c[nH]c2ccccc12)C(=O)NC(CCCCN)C(=O)O. The average Bonchev–Trinajstić information content (AvgIpc) is 3.29. The summed E-state index contributed by atoms with van der Waals surface area (Å²) in [4.78, 5) is 54.5. The molecule has 11 nitrogen and oxygen atoms in total. The predicted octanol–water partition coefficient (Wildman–Crippen LogP) is 1.41. The number of unbranched alkanes of at least 4 members (excludes halogenated alkanes) is 1. The van der Waals surface area contributed by atoms with Crippen LogP contribution in [0.2, 0.25) is 0 Å². The number of aromatic amines is 1. The highest BCUT2D eigenvalue weighted by Crippen LogP contribution is 2.19. The standard InChI is InChI=1S/C28H44N6O5/c1-16(2)13-22(34-27(37)24(30)17(3)4)25(35)33-23(14-18-15-31-20-10-6-5-9-19(18)20)26(36)32-21(28(38)39)11-7-8-12-29/h5-6,9-10,15-17,21-24,31H,7-8,11-14,29-30H2,1-4H3,(H,32,36)(H,33,35)(H,34,37)(H,38,39). The van der Waals surface area contributed by atoms with Crippen molar-refractivity contribution in [3.05, 3.63) is 36.0 Å². The fourth-order valence-corrected chi connectivity index (χ4v) is 4.30. The lowest BCUT2D eigenvalue weighted by atomic mass is 9.99. The summed E-state index contributed by atoms with van der Waals surface area (Å²) in [6.45, 7) is 7.89. The molecule has 0 saturated heterocycles. The lowest BCUT2D eigenvalue weighted by Crippen LogP contribution is -2.58. The number of carboxylic acids is 1. The summed E-state index contributed by atoms with van der Waals surface area (Å²) in [6, 6.07) is 3.64. The highest BCUT2D eigenvalue weighted by atomic mass is 16.4. The molecule has 0 saturated carbocycles. The van der Waals surface area contributed by atoms with E-state index >= 15 is 0 Å². The number of carbonyl (C=O) groups excluding carboxylic acids is 3. The van der Waals surface area contributed by atoms with Crippen molar-refractivity contribution in [2.75, 3.05) is 6.54 Å². The molecule has 4 atom stereocenters. The van der Waals surface area contributed by atoms with E-state index in [0.29, 0.717) is 25.8 Å². The van der Waals surface area contributed by atoms with E-state index in [4.69, 9.17) is 11.5 Å². The van der Waals surface area contributed by atoms with Crippen LogP contribution >= 0.6 is 0 Å². The monoisotopic (exact) mass is 544 g/mol. The van der Waals surface area contributed by atoms with Crippen LogP contribution in [-0.2, 0) is 25.6 Å². The number of para-hydroxylation sites is 1. The van der Waals surface area contributed by atoms with Gasteiger partial charge in [0.2, 0.25) is 17.7 Å². The van der Waals surface area contributed by atoms with Crippen LogP contribution in [0.1, 0.15) is 58.9 Å². The highest BCUT2D eigenvalue weighted by Gasteiger charge is 2.31. The van der Waals surface area contributed by atoms with Crippen molar-refractivity contribution in [2.45, 2.75) is 84.0 Å². The molecule has 4 unspecified atom stereocenters. The minimum absolute atomic E-state index is 0.0659. The molecule has 1 heterocycles. The number of amides is 3. The van der Waals surface area contributed by atoms with E-state index in [9.17, 15) is 24.3 Å². The summed E-state index contributed by atoms with van der Waals surface area (Å²) in [6.07, 6.45) is 3.59. The summed E-state index contributed by atoms with van der Waals surface area (Å²) < 4.78 is 0. The minimum Gasteiger partial charge on any atom is -0.480 e. The second-order valence-electron chi connectivity index (χ2n) is 10.8. The molecule has 0 fully saturated rings. The Kier molecular flexibility index (Phi) is 12.4. The average molecular weight is 545 g/mol. The van der Waals surface area contributed by atoms with Gasteiger partial charge in [0.25, 0.3) is 0 Å². The molecule has 1 aromatic heterocycles. The zero-order chi connectivity index (χ0) is 29.1. The van der Waals surface area contributed by atoms with Crippen molar-refractivity contribution < 1.29 is 24.3 Å². The van der Waals surface area contributed by atoms with Gasteiger partial charge in [0.1, 0.15) is 18.1 Å². The van der Waals surface area contributed by atoms with Gasteiger partial charge in [-0.05, 0) is 55.7 Å². The number of hydrogen-bond acceptors (Lipinski definition) is 6. The lowest BCUT2D eigenvalue weighted by molar-refractivity contribution is -0.142. The van der Waals surface area contributed by atoms with Gasteiger partial charge in [0.15, 0.2) is 0 Å². The Morgan fingerprint density at radius 3 is 2.13 bits per heavy atom. The van der Waals surface area contributed by atoms with E-state index in [1.165, 1.54) is 0 Å². The lowest BCUT2D eigenvalue weighted by Gasteiger charge is -2.26. The molecular weight excluding hydrogens is 500 g/mol. The third-order valence-corrected chi connectivity index (χ3v) is 6.65. The summed E-state index contributed by atoms with van der Waals surface area (Å²) in [5, 5.41) is 18.7. The van der Waals surface area contributed by atoms with Crippen LogP contribution in [-0.4, -0.2) is 64.5 Å². The molecular formula is C28H44N6O5. The molecule has 2 rings (SSSR count). The number of nitrogens with one attached hydrogen (secondary N) is 4. The zero-order valence-corrected chi connectivity index (χ0v) is 23.3. The van der Waals surface area contributed by atoms with Gasteiger partial charge in [-0.3, -0.25) is 14.4 Å². The molecule has 1 aromatic carbocycles. The number of aromatic nitrogens is 1. The Morgan fingerprint density at radius 1 is 0.897 bits per heavy atom. The van der Waals surface area contributed by atoms with E-state index in [-0.39, 0.29) is 24.7 Å². The normalized spacial score (nSPS) is 14.6. The highest BCUT2D eigenvalue weighted by molar-refractivity contribution is 5.95. The predicted molar refractivity (Wildman–Crippen MR) is 151 cm³/mol. The van der Waals surface area contributed by atoms with Gasteiger partial charge in [0, 0.05) is 23.5 Å². The van der Waals surface area contributed by atoms with Crippen LogP contribution in [0.5, 0.6) is 0 Å². The van der Waals surface area contributed by atoms with E-state index in [1.54, 1.807) is 6.20 Å². The van der Waals surface area contributed by atoms with Gasteiger partial charge in [-0.25, -0.2) is 4.79 Å². The summed E-state index contributed by atoms with van der Waals surface area (Å²) in [5.41, 5.74) is 13.2. The van der Waals surface area contributed by atoms with Crippen LogP contribution < -0.4 is 27.4 Å². The fourth-order valence-electron chi connectivity index (χ4n) is 4.30. The summed E-state index contributed by atoms with van der Waals surface area (Å²) >= 11 is 0. The van der Waals surface area contributed by atoms with Crippen LogP contribution in [0.4, 0.5) is 0 Å². The third-order valence-electron chi connectivity index (χ3n) is 6.65. The van der Waals surface area contributed by atoms with Crippen molar-refractivity contribution in [1.82, 2.24) is 20.9 Å². The molecule has 0 aliphatic carbocycles.